The number of aromatic nitrogens is 2. The number of hydrogen-bond donors (Lipinski definition) is 2. The molecule has 10 nitrogen and oxygen atoms in total. The number of imide groups is 1. The Hall–Kier alpha value is -3.69. The van der Waals surface area contributed by atoms with Crippen LogP contribution in [0, 0.1) is 6.92 Å². The number of carbonyl (C=O) groups is 3. The highest BCUT2D eigenvalue weighted by atomic mass is 16.2. The van der Waals surface area contributed by atoms with Crippen LogP contribution in [0.5, 0.6) is 0 Å². The minimum atomic E-state index is -0.708. The SMILES string of the molecule is CCCCN(C(=O)CCCN1C(=O)c2ccc(C)cc2C1=O)c1c(N)n(CCCC)c(=O)[nH]c1=O. The van der Waals surface area contributed by atoms with Crippen LogP contribution in [0.2, 0.25) is 0 Å². The van der Waals surface area contributed by atoms with Gasteiger partial charge < -0.3 is 10.6 Å². The number of carbonyl (C=O) groups excluding carboxylic acids is 3. The van der Waals surface area contributed by atoms with Gasteiger partial charge in [-0.3, -0.25) is 33.6 Å². The van der Waals surface area contributed by atoms with Crippen molar-refractivity contribution in [1.82, 2.24) is 14.5 Å². The van der Waals surface area contributed by atoms with Crippen molar-refractivity contribution in [2.75, 3.05) is 23.7 Å². The normalized spacial score (nSPS) is 12.8. The minimum absolute atomic E-state index is 0.00309. The number of unbranched alkanes of at least 4 members (excludes halogenated alkanes) is 2. The van der Waals surface area contributed by atoms with E-state index < -0.39 is 11.2 Å². The van der Waals surface area contributed by atoms with Crippen molar-refractivity contribution in [3.8, 4) is 0 Å². The van der Waals surface area contributed by atoms with Crippen molar-refractivity contribution >= 4 is 29.2 Å². The molecule has 2 heterocycles. The fourth-order valence-electron chi connectivity index (χ4n) is 4.18. The highest BCUT2D eigenvalue weighted by molar-refractivity contribution is 6.21. The van der Waals surface area contributed by atoms with Crippen molar-refractivity contribution in [2.24, 2.45) is 0 Å². The van der Waals surface area contributed by atoms with Crippen LogP contribution in [-0.4, -0.2) is 45.3 Å². The standard InChI is InChI=1S/C25H33N5O5/c1-4-6-12-28(20-21(26)29(13-7-5-2)25(35)27-22(20)32)19(31)9-8-14-30-23(33)17-11-10-16(3)15-18(17)24(30)34/h10-11,15H,4-9,12-14,26H2,1-3H3,(H,27,32,35). The molecule has 3 N–H and O–H groups in total. The van der Waals surface area contributed by atoms with E-state index in [0.29, 0.717) is 30.5 Å². The van der Waals surface area contributed by atoms with Crippen LogP contribution < -0.4 is 21.9 Å². The molecule has 0 atom stereocenters. The van der Waals surface area contributed by atoms with E-state index in [0.717, 1.165) is 23.3 Å². The number of nitrogen functional groups attached to an aromatic ring is 1. The molecule has 188 valence electrons. The van der Waals surface area contributed by atoms with E-state index in [1.54, 1.807) is 18.2 Å². The van der Waals surface area contributed by atoms with Crippen LogP contribution in [0.3, 0.4) is 0 Å². The Morgan fingerprint density at radius 1 is 0.971 bits per heavy atom. The van der Waals surface area contributed by atoms with Gasteiger partial charge in [0.2, 0.25) is 5.91 Å². The predicted octanol–water partition coefficient (Wildman–Crippen LogP) is 2.44. The number of aromatic amines is 1. The number of nitrogens with zero attached hydrogens (tertiary/aromatic N) is 3. The van der Waals surface area contributed by atoms with Gasteiger partial charge in [-0.1, -0.05) is 38.3 Å². The number of rotatable bonds is 11. The number of H-pyrrole nitrogens is 1. The molecule has 0 fully saturated rings. The summed E-state index contributed by atoms with van der Waals surface area (Å²) in [4.78, 5) is 68.3. The summed E-state index contributed by atoms with van der Waals surface area (Å²) >= 11 is 0. The van der Waals surface area contributed by atoms with E-state index in [9.17, 15) is 24.0 Å². The minimum Gasteiger partial charge on any atom is -0.383 e. The van der Waals surface area contributed by atoms with Crippen LogP contribution >= 0.6 is 0 Å². The molecular weight excluding hydrogens is 450 g/mol. The van der Waals surface area contributed by atoms with Crippen molar-refractivity contribution in [1.29, 1.82) is 0 Å². The fourth-order valence-corrected chi connectivity index (χ4v) is 4.18. The van der Waals surface area contributed by atoms with Crippen LogP contribution in [0.1, 0.15) is 78.7 Å². The van der Waals surface area contributed by atoms with Gasteiger partial charge in [-0.25, -0.2) is 4.79 Å². The van der Waals surface area contributed by atoms with Crippen LogP contribution in [0.15, 0.2) is 27.8 Å². The highest BCUT2D eigenvalue weighted by Crippen LogP contribution is 2.25. The molecule has 3 rings (SSSR count). The molecule has 0 unspecified atom stereocenters. The summed E-state index contributed by atoms with van der Waals surface area (Å²) in [5.41, 5.74) is 6.50. The van der Waals surface area contributed by atoms with Gasteiger partial charge in [-0.2, -0.15) is 0 Å². The summed E-state index contributed by atoms with van der Waals surface area (Å²) in [5, 5.41) is 0. The monoisotopic (exact) mass is 483 g/mol. The molecule has 1 aromatic carbocycles. The van der Waals surface area contributed by atoms with Gasteiger partial charge >= 0.3 is 5.69 Å². The summed E-state index contributed by atoms with van der Waals surface area (Å²) in [5.74, 6) is -1.13. The van der Waals surface area contributed by atoms with E-state index in [4.69, 9.17) is 5.73 Å². The van der Waals surface area contributed by atoms with Crippen molar-refractivity contribution in [2.45, 2.75) is 65.8 Å². The second kappa shape index (κ2) is 11.2. The van der Waals surface area contributed by atoms with E-state index in [-0.39, 0.29) is 55.2 Å². The average Bonchev–Trinajstić information content (AvgIpc) is 3.04. The Balaban J connectivity index is 1.77. The number of benzene rings is 1. The summed E-state index contributed by atoms with van der Waals surface area (Å²) in [6.45, 7) is 6.47. The maximum absolute atomic E-state index is 13.2. The molecular formula is C25H33N5O5. The molecule has 0 radical (unpaired) electrons. The number of hydrogen-bond acceptors (Lipinski definition) is 6. The Kier molecular flexibility index (Phi) is 8.26. The molecule has 0 saturated heterocycles. The largest absolute Gasteiger partial charge is 0.383 e. The zero-order valence-corrected chi connectivity index (χ0v) is 20.6. The summed E-state index contributed by atoms with van der Waals surface area (Å²) < 4.78 is 1.28. The molecule has 3 amide bonds. The Labute approximate surface area is 203 Å². The first-order chi connectivity index (χ1) is 16.7. The van der Waals surface area contributed by atoms with E-state index >= 15 is 0 Å². The predicted molar refractivity (Wildman–Crippen MR) is 134 cm³/mol. The Bertz CT molecular complexity index is 1250. The molecule has 0 aliphatic carbocycles. The quantitative estimate of drug-likeness (QED) is 0.471. The first-order valence-corrected chi connectivity index (χ1v) is 12.1. The molecule has 1 aliphatic heterocycles. The van der Waals surface area contributed by atoms with E-state index in [1.165, 1.54) is 9.47 Å². The van der Waals surface area contributed by atoms with Crippen molar-refractivity contribution in [3.63, 3.8) is 0 Å². The number of anilines is 2. The summed E-state index contributed by atoms with van der Waals surface area (Å²) in [6.07, 6.45) is 3.18. The van der Waals surface area contributed by atoms with Gasteiger partial charge in [0.1, 0.15) is 5.82 Å². The molecule has 0 spiro atoms. The lowest BCUT2D eigenvalue weighted by Gasteiger charge is -2.25. The molecule has 0 saturated carbocycles. The van der Waals surface area contributed by atoms with E-state index in [1.807, 2.05) is 20.8 Å². The molecule has 1 aromatic heterocycles. The fraction of sp³-hybridized carbons (Fsp3) is 0.480. The van der Waals surface area contributed by atoms with Gasteiger partial charge in [-0.05, 0) is 38.3 Å². The van der Waals surface area contributed by atoms with Gasteiger partial charge in [-0.15, -0.1) is 0 Å². The smallest absolute Gasteiger partial charge is 0.330 e. The number of aryl methyl sites for hydroxylation is 1. The van der Waals surface area contributed by atoms with Gasteiger partial charge in [0.15, 0.2) is 5.69 Å². The lowest BCUT2D eigenvalue weighted by molar-refractivity contribution is -0.118. The number of nitrogens with two attached hydrogens (primary N) is 1. The molecule has 2 aromatic rings. The number of amides is 3. The second-order valence-corrected chi connectivity index (χ2v) is 8.81. The van der Waals surface area contributed by atoms with Crippen LogP contribution in [0.25, 0.3) is 0 Å². The van der Waals surface area contributed by atoms with Gasteiger partial charge in [0.25, 0.3) is 17.4 Å². The number of nitrogens with one attached hydrogen (secondary N) is 1. The molecule has 10 heteroatoms. The maximum atomic E-state index is 13.2. The summed E-state index contributed by atoms with van der Waals surface area (Å²) in [7, 11) is 0. The third-order valence-corrected chi connectivity index (χ3v) is 6.15. The zero-order chi connectivity index (χ0) is 25.7. The van der Waals surface area contributed by atoms with Crippen LogP contribution in [-0.2, 0) is 11.3 Å². The van der Waals surface area contributed by atoms with Crippen molar-refractivity contribution < 1.29 is 14.4 Å². The van der Waals surface area contributed by atoms with Gasteiger partial charge in [0.05, 0.1) is 11.1 Å². The van der Waals surface area contributed by atoms with Crippen LogP contribution in [0.4, 0.5) is 11.5 Å². The molecule has 0 bridgehead atoms. The Morgan fingerprint density at radius 3 is 2.34 bits per heavy atom. The first kappa shape index (κ1) is 25.9. The lowest BCUT2D eigenvalue weighted by Crippen LogP contribution is -2.42. The molecule has 1 aliphatic rings. The average molecular weight is 484 g/mol. The highest BCUT2D eigenvalue weighted by Gasteiger charge is 2.35. The van der Waals surface area contributed by atoms with E-state index in [2.05, 4.69) is 4.98 Å². The zero-order valence-electron chi connectivity index (χ0n) is 20.6. The first-order valence-electron chi connectivity index (χ1n) is 12.1. The maximum Gasteiger partial charge on any atom is 0.330 e. The van der Waals surface area contributed by atoms with Crippen molar-refractivity contribution in [3.05, 3.63) is 55.7 Å². The number of fused-ring (bicyclic) bond motifs is 1. The lowest BCUT2D eigenvalue weighted by atomic mass is 10.1. The molecule has 35 heavy (non-hydrogen) atoms. The summed E-state index contributed by atoms with van der Waals surface area (Å²) in [6, 6.07) is 5.12. The second-order valence-electron chi connectivity index (χ2n) is 8.81. The Morgan fingerprint density at radius 2 is 1.66 bits per heavy atom. The topological polar surface area (TPSA) is 139 Å². The van der Waals surface area contributed by atoms with Gasteiger partial charge in [0, 0.05) is 26.1 Å². The third-order valence-electron chi connectivity index (χ3n) is 6.15. The third kappa shape index (κ3) is 5.36.